The van der Waals surface area contributed by atoms with Gasteiger partial charge >= 0.3 is 17.6 Å². The zero-order valence-electron chi connectivity index (χ0n) is 20.8. The molecule has 0 unspecified atom stereocenters. The molecule has 39 heavy (non-hydrogen) atoms. The molecular weight excluding hydrogens is 546 g/mol. The average Bonchev–Trinajstić information content (AvgIpc) is 3.17. The Kier molecular flexibility index (Phi) is 11.6. The molecule has 18 heteroatoms. The number of amides is 2. The Morgan fingerprint density at radius 1 is 1.18 bits per heavy atom. The smallest absolute Gasteiger partial charge is 0.333 e. The van der Waals surface area contributed by atoms with Crippen molar-refractivity contribution < 1.29 is 49.4 Å². The van der Waals surface area contributed by atoms with Gasteiger partial charge in [-0.25, -0.2) is 4.79 Å². The van der Waals surface area contributed by atoms with Crippen LogP contribution in [0.5, 0.6) is 0 Å². The number of aliphatic hydroxyl groups is 3. The number of nitrogens with two attached hydrogens (primary N) is 1. The summed E-state index contributed by atoms with van der Waals surface area (Å²) in [5.74, 6) is -4.83. The molecule has 0 aliphatic carbocycles. The average molecular weight is 578 g/mol. The first-order chi connectivity index (χ1) is 18.3. The number of aliphatic hydroxyl groups excluding tert-OH is 3. The quantitative estimate of drug-likeness (QED) is 0.104. The maximum atomic E-state index is 13.0. The number of carbonyl (C=O) groups excluding carboxylic acids is 2. The van der Waals surface area contributed by atoms with Crippen molar-refractivity contribution in [2.75, 3.05) is 18.9 Å². The first-order valence-electron chi connectivity index (χ1n) is 11.6. The van der Waals surface area contributed by atoms with Crippen LogP contribution in [0, 0.1) is 6.92 Å². The fraction of sp³-hybridized carbons (Fsp3) is 0.619. The molecule has 1 aliphatic heterocycles. The Labute approximate surface area is 224 Å². The molecule has 17 nitrogen and oxygen atoms in total. The molecule has 0 saturated carbocycles. The van der Waals surface area contributed by atoms with Crippen molar-refractivity contribution in [3.05, 3.63) is 32.6 Å². The van der Waals surface area contributed by atoms with Crippen LogP contribution in [0.15, 0.2) is 15.8 Å². The number of rotatable bonds is 14. The van der Waals surface area contributed by atoms with Gasteiger partial charge in [-0.3, -0.25) is 33.1 Å². The molecule has 2 heterocycles. The van der Waals surface area contributed by atoms with Crippen LogP contribution in [0.25, 0.3) is 0 Å². The van der Waals surface area contributed by atoms with Gasteiger partial charge in [0.15, 0.2) is 6.23 Å². The topological polar surface area (TPSA) is 273 Å². The van der Waals surface area contributed by atoms with Crippen LogP contribution in [0.4, 0.5) is 0 Å². The summed E-state index contributed by atoms with van der Waals surface area (Å²) in [5, 5.41) is 51.7. The lowest BCUT2D eigenvalue weighted by atomic mass is 10.1. The summed E-state index contributed by atoms with van der Waals surface area (Å²) in [5.41, 5.74) is 3.82. The minimum absolute atomic E-state index is 0.0757. The number of carboxylic acid groups (broad SMARTS) is 2. The Balaban J connectivity index is 2.18. The maximum absolute atomic E-state index is 13.0. The molecule has 218 valence electrons. The van der Waals surface area contributed by atoms with E-state index < -0.39 is 84.8 Å². The summed E-state index contributed by atoms with van der Waals surface area (Å²) in [6.07, 6.45) is -5.05. The van der Waals surface area contributed by atoms with E-state index in [0.29, 0.717) is 0 Å². The van der Waals surface area contributed by atoms with Gasteiger partial charge in [0, 0.05) is 23.9 Å². The minimum atomic E-state index is -1.58. The Hall–Kier alpha value is -3.29. The third-order valence-electron chi connectivity index (χ3n) is 5.73. The molecule has 2 rings (SSSR count). The summed E-state index contributed by atoms with van der Waals surface area (Å²) in [6, 6.07) is -2.62. The van der Waals surface area contributed by atoms with Gasteiger partial charge in [0.25, 0.3) is 5.56 Å². The molecular formula is C21H31N5O12S. The second kappa shape index (κ2) is 14.2. The number of nitrogens with zero attached hydrogens (tertiary/aromatic N) is 2. The third kappa shape index (κ3) is 8.35. The Morgan fingerprint density at radius 3 is 2.41 bits per heavy atom. The molecule has 0 bridgehead atoms. The molecule has 0 radical (unpaired) electrons. The van der Waals surface area contributed by atoms with E-state index in [9.17, 15) is 44.1 Å². The van der Waals surface area contributed by atoms with Crippen LogP contribution in [0.3, 0.4) is 0 Å². The number of thioether (sulfide) groups is 1. The Bertz CT molecular complexity index is 1190. The van der Waals surface area contributed by atoms with Crippen LogP contribution in [-0.2, 0) is 29.8 Å². The summed E-state index contributed by atoms with van der Waals surface area (Å²) in [4.78, 5) is 72.1. The number of hydrogen-bond donors (Lipinski definition) is 8. The highest BCUT2D eigenvalue weighted by Gasteiger charge is 2.44. The van der Waals surface area contributed by atoms with Gasteiger partial charge in [-0.15, -0.1) is 11.8 Å². The SMILES string of the molecule is Cc1cn([C@@H]2O[C@H](CO)[C@@H](O)[C@H]2O)c(=O)n(CSC[C@H](NC(=O)CC[C@H](N)C(=O)O)C(=O)NCC(=O)O)c1=O. The zero-order valence-corrected chi connectivity index (χ0v) is 21.6. The normalized spacial score (nSPS) is 22.2. The first-order valence-corrected chi connectivity index (χ1v) is 12.7. The van der Waals surface area contributed by atoms with Crippen LogP contribution in [0.1, 0.15) is 24.6 Å². The molecule has 2 amide bonds. The largest absolute Gasteiger partial charge is 0.480 e. The van der Waals surface area contributed by atoms with E-state index >= 15 is 0 Å². The molecule has 1 aromatic heterocycles. The summed E-state index contributed by atoms with van der Waals surface area (Å²) < 4.78 is 7.03. The molecule has 9 N–H and O–H groups in total. The minimum Gasteiger partial charge on any atom is -0.480 e. The molecule has 0 aromatic carbocycles. The van der Waals surface area contributed by atoms with Crippen LogP contribution in [0.2, 0.25) is 0 Å². The van der Waals surface area contributed by atoms with Crippen molar-refractivity contribution >= 4 is 35.5 Å². The van der Waals surface area contributed by atoms with Gasteiger partial charge in [0.2, 0.25) is 11.8 Å². The van der Waals surface area contributed by atoms with Crippen molar-refractivity contribution in [2.45, 2.75) is 62.3 Å². The standard InChI is InChI=1S/C21H31N5O12S/c1-9-5-25(19-16(32)15(31)12(6-27)38-19)21(37)26(18(9)34)8-39-7-11(17(33)23-4-14(29)30)24-13(28)3-2-10(22)20(35)36/h5,10-12,15-16,19,27,31-32H,2-4,6-8,22H2,1H3,(H,23,33)(H,24,28)(H,29,30)(H,35,36)/t10-,11-,12+,15+,16+,19+/m0/s1. The zero-order chi connectivity index (χ0) is 29.4. The molecule has 1 saturated heterocycles. The highest BCUT2D eigenvalue weighted by molar-refractivity contribution is 7.98. The molecule has 1 aliphatic rings. The van der Waals surface area contributed by atoms with E-state index in [-0.39, 0.29) is 30.0 Å². The summed E-state index contributed by atoms with van der Waals surface area (Å²) >= 11 is 0.858. The van der Waals surface area contributed by atoms with Gasteiger partial charge in [-0.1, -0.05) is 0 Å². The third-order valence-corrected chi connectivity index (χ3v) is 6.74. The lowest BCUT2D eigenvalue weighted by molar-refractivity contribution is -0.139. The van der Waals surface area contributed by atoms with Gasteiger partial charge < -0.3 is 46.6 Å². The number of nitrogens with one attached hydrogen (secondary N) is 2. The van der Waals surface area contributed by atoms with Crippen molar-refractivity contribution in [1.29, 1.82) is 0 Å². The first kappa shape index (κ1) is 31.9. The highest BCUT2D eigenvalue weighted by Crippen LogP contribution is 2.28. The summed E-state index contributed by atoms with van der Waals surface area (Å²) in [7, 11) is 0. The van der Waals surface area contributed by atoms with Crippen molar-refractivity contribution in [2.24, 2.45) is 5.73 Å². The van der Waals surface area contributed by atoms with Crippen LogP contribution in [-0.4, -0.2) is 108 Å². The van der Waals surface area contributed by atoms with E-state index in [1.807, 2.05) is 0 Å². The fourth-order valence-corrected chi connectivity index (χ4v) is 4.56. The van der Waals surface area contributed by atoms with E-state index in [1.165, 1.54) is 6.92 Å². The molecule has 6 atom stereocenters. The second-order valence-electron chi connectivity index (χ2n) is 8.68. The summed E-state index contributed by atoms with van der Waals surface area (Å²) in [6.45, 7) is 0.0222. The molecule has 0 spiro atoms. The number of aromatic nitrogens is 2. The van der Waals surface area contributed by atoms with Gasteiger partial charge in [0.1, 0.15) is 36.9 Å². The van der Waals surface area contributed by atoms with Gasteiger partial charge in [-0.2, -0.15) is 0 Å². The lowest BCUT2D eigenvalue weighted by Gasteiger charge is -2.20. The van der Waals surface area contributed by atoms with Gasteiger partial charge in [-0.05, 0) is 13.3 Å². The van der Waals surface area contributed by atoms with Crippen molar-refractivity contribution in [3.63, 3.8) is 0 Å². The van der Waals surface area contributed by atoms with Crippen LogP contribution >= 0.6 is 11.8 Å². The second-order valence-corrected chi connectivity index (χ2v) is 9.68. The maximum Gasteiger partial charge on any atom is 0.333 e. The van der Waals surface area contributed by atoms with E-state index in [4.69, 9.17) is 20.7 Å². The van der Waals surface area contributed by atoms with Crippen LogP contribution < -0.4 is 27.6 Å². The van der Waals surface area contributed by atoms with Crippen molar-refractivity contribution in [3.8, 4) is 0 Å². The predicted molar refractivity (Wildman–Crippen MR) is 133 cm³/mol. The highest BCUT2D eigenvalue weighted by atomic mass is 32.2. The van der Waals surface area contributed by atoms with Gasteiger partial charge in [0.05, 0.1) is 12.5 Å². The molecule has 1 aromatic rings. The lowest BCUT2D eigenvalue weighted by Crippen LogP contribution is -2.50. The number of carboxylic acids is 2. The van der Waals surface area contributed by atoms with E-state index in [2.05, 4.69) is 10.6 Å². The van der Waals surface area contributed by atoms with Crippen molar-refractivity contribution in [1.82, 2.24) is 19.8 Å². The Morgan fingerprint density at radius 2 is 1.85 bits per heavy atom. The number of carbonyl (C=O) groups is 4. The molecule has 1 fully saturated rings. The number of aliphatic carboxylic acids is 2. The fourth-order valence-electron chi connectivity index (χ4n) is 3.57. The number of aryl methyl sites for hydroxylation is 1. The van der Waals surface area contributed by atoms with E-state index in [1.54, 1.807) is 0 Å². The number of hydrogen-bond acceptors (Lipinski definition) is 12. The monoisotopic (exact) mass is 577 g/mol. The predicted octanol–water partition coefficient (Wildman–Crippen LogP) is -4.50. The van der Waals surface area contributed by atoms with E-state index in [0.717, 1.165) is 27.1 Å². The number of ether oxygens (including phenoxy) is 1.